The van der Waals surface area contributed by atoms with E-state index in [9.17, 15) is 13.2 Å². The molecule has 6 nitrogen and oxygen atoms in total. The van der Waals surface area contributed by atoms with Crippen molar-refractivity contribution in [3.63, 3.8) is 0 Å². The van der Waals surface area contributed by atoms with Gasteiger partial charge in [0.05, 0.1) is 4.90 Å². The van der Waals surface area contributed by atoms with Gasteiger partial charge in [0, 0.05) is 6.54 Å². The molecule has 0 unspecified atom stereocenters. The molecule has 1 aromatic carbocycles. The van der Waals surface area contributed by atoms with E-state index < -0.39 is 27.6 Å². The highest BCUT2D eigenvalue weighted by atomic mass is 32.2. The highest BCUT2D eigenvalue weighted by Crippen LogP contribution is 2.11. The third kappa shape index (κ3) is 7.11. The molecule has 0 saturated heterocycles. The van der Waals surface area contributed by atoms with E-state index in [0.717, 1.165) is 6.42 Å². The number of carbonyl (C=O) groups is 1. The van der Waals surface area contributed by atoms with Crippen molar-refractivity contribution in [3.05, 3.63) is 30.3 Å². The van der Waals surface area contributed by atoms with Crippen molar-refractivity contribution >= 4 is 16.0 Å². The minimum Gasteiger partial charge on any atom is -0.459 e. The molecule has 0 fully saturated rings. The summed E-state index contributed by atoms with van der Waals surface area (Å²) < 4.78 is 32.5. The molecule has 0 spiro atoms. The maximum absolute atomic E-state index is 12.4. The van der Waals surface area contributed by atoms with Crippen molar-refractivity contribution in [2.75, 3.05) is 13.1 Å². The lowest BCUT2D eigenvalue weighted by molar-refractivity contribution is -0.156. The van der Waals surface area contributed by atoms with Gasteiger partial charge in [0.15, 0.2) is 0 Å². The molecule has 1 rings (SSSR count). The Kier molecular flexibility index (Phi) is 7.18. The van der Waals surface area contributed by atoms with E-state index in [1.807, 2.05) is 6.92 Å². The lowest BCUT2D eigenvalue weighted by atomic mass is 10.2. The molecule has 0 bridgehead atoms. The predicted octanol–water partition coefficient (Wildman–Crippen LogP) is 1.67. The Bertz CT molecular complexity index is 594. The first-order valence-electron chi connectivity index (χ1n) is 7.66. The molecular weight excluding hydrogens is 316 g/mol. The predicted molar refractivity (Wildman–Crippen MR) is 89.6 cm³/mol. The van der Waals surface area contributed by atoms with Gasteiger partial charge in [-0.15, -0.1) is 0 Å². The zero-order valence-corrected chi connectivity index (χ0v) is 14.9. The fourth-order valence-corrected chi connectivity index (χ4v) is 3.03. The highest BCUT2D eigenvalue weighted by Gasteiger charge is 2.29. The van der Waals surface area contributed by atoms with Crippen molar-refractivity contribution in [2.45, 2.75) is 50.7 Å². The lowest BCUT2D eigenvalue weighted by Gasteiger charge is -2.24. The standard InChI is InChI=1S/C16H26N2O4S/c1-5-11-17-12-14(15(19)22-16(2,3)4)18-23(20,21)13-9-7-6-8-10-13/h6-10,14,17-18H,5,11-12H2,1-4H3/t14-/m0/s1. The molecule has 0 aliphatic heterocycles. The van der Waals surface area contributed by atoms with Crippen LogP contribution in [0.4, 0.5) is 0 Å². The molecule has 0 radical (unpaired) electrons. The van der Waals surface area contributed by atoms with Gasteiger partial charge in [-0.3, -0.25) is 4.79 Å². The van der Waals surface area contributed by atoms with E-state index in [-0.39, 0.29) is 11.4 Å². The van der Waals surface area contributed by atoms with Gasteiger partial charge in [0.1, 0.15) is 11.6 Å². The summed E-state index contributed by atoms with van der Waals surface area (Å²) >= 11 is 0. The van der Waals surface area contributed by atoms with Crippen molar-refractivity contribution < 1.29 is 17.9 Å². The molecule has 7 heteroatoms. The molecule has 130 valence electrons. The zero-order valence-electron chi connectivity index (χ0n) is 14.1. The van der Waals surface area contributed by atoms with Gasteiger partial charge in [-0.25, -0.2) is 8.42 Å². The third-order valence-corrected chi connectivity index (χ3v) is 4.31. The molecule has 0 heterocycles. The Morgan fingerprint density at radius 3 is 2.35 bits per heavy atom. The summed E-state index contributed by atoms with van der Waals surface area (Å²) in [6, 6.07) is 6.97. The molecule has 0 saturated carbocycles. The van der Waals surface area contributed by atoms with Gasteiger partial charge in [0.2, 0.25) is 10.0 Å². The molecule has 0 aliphatic rings. The van der Waals surface area contributed by atoms with Crippen LogP contribution in [-0.4, -0.2) is 39.1 Å². The summed E-state index contributed by atoms with van der Waals surface area (Å²) in [6.07, 6.45) is 0.881. The number of hydrogen-bond acceptors (Lipinski definition) is 5. The summed E-state index contributed by atoms with van der Waals surface area (Å²) in [4.78, 5) is 12.4. The van der Waals surface area contributed by atoms with Crippen molar-refractivity contribution in [3.8, 4) is 0 Å². The van der Waals surface area contributed by atoms with Gasteiger partial charge < -0.3 is 10.1 Å². The SMILES string of the molecule is CCCNC[C@H](NS(=O)(=O)c1ccccc1)C(=O)OC(C)(C)C. The van der Waals surface area contributed by atoms with E-state index in [1.54, 1.807) is 39.0 Å². The Balaban J connectivity index is 2.89. The summed E-state index contributed by atoms with van der Waals surface area (Å²) in [7, 11) is -3.79. The highest BCUT2D eigenvalue weighted by molar-refractivity contribution is 7.89. The molecule has 2 N–H and O–H groups in total. The minimum atomic E-state index is -3.79. The van der Waals surface area contributed by atoms with Crippen LogP contribution in [0.1, 0.15) is 34.1 Å². The van der Waals surface area contributed by atoms with Crippen LogP contribution in [0.15, 0.2) is 35.2 Å². The van der Waals surface area contributed by atoms with Crippen LogP contribution in [0.3, 0.4) is 0 Å². The topological polar surface area (TPSA) is 84.5 Å². The summed E-state index contributed by atoms with van der Waals surface area (Å²) in [6.45, 7) is 8.08. The van der Waals surface area contributed by atoms with Crippen LogP contribution >= 0.6 is 0 Å². The molecule has 23 heavy (non-hydrogen) atoms. The Morgan fingerprint density at radius 1 is 1.22 bits per heavy atom. The molecule has 0 amide bonds. The first-order chi connectivity index (χ1) is 10.7. The number of sulfonamides is 1. The Hall–Kier alpha value is -1.44. The molecule has 1 aromatic rings. The second-order valence-corrected chi connectivity index (χ2v) is 7.94. The lowest BCUT2D eigenvalue weighted by Crippen LogP contribution is -2.49. The van der Waals surface area contributed by atoms with E-state index >= 15 is 0 Å². The number of esters is 1. The minimum absolute atomic E-state index is 0.115. The second kappa shape index (κ2) is 8.42. The number of benzene rings is 1. The van der Waals surface area contributed by atoms with Crippen LogP contribution in [-0.2, 0) is 19.6 Å². The molecular formula is C16H26N2O4S. The number of ether oxygens (including phenoxy) is 1. The van der Waals surface area contributed by atoms with Gasteiger partial charge >= 0.3 is 5.97 Å². The quantitative estimate of drug-likeness (QED) is 0.555. The Morgan fingerprint density at radius 2 is 1.83 bits per heavy atom. The van der Waals surface area contributed by atoms with Crippen LogP contribution < -0.4 is 10.0 Å². The number of nitrogens with one attached hydrogen (secondary N) is 2. The zero-order chi connectivity index (χ0) is 17.5. The van der Waals surface area contributed by atoms with Crippen molar-refractivity contribution in [1.82, 2.24) is 10.0 Å². The largest absolute Gasteiger partial charge is 0.459 e. The maximum atomic E-state index is 12.4. The van der Waals surface area contributed by atoms with Crippen molar-refractivity contribution in [1.29, 1.82) is 0 Å². The van der Waals surface area contributed by atoms with Crippen LogP contribution in [0.5, 0.6) is 0 Å². The summed E-state index contributed by atoms with van der Waals surface area (Å²) in [5, 5.41) is 3.05. The number of hydrogen-bond donors (Lipinski definition) is 2. The first-order valence-corrected chi connectivity index (χ1v) is 9.15. The average molecular weight is 342 g/mol. The van der Waals surface area contributed by atoms with Crippen LogP contribution in [0.25, 0.3) is 0 Å². The fraction of sp³-hybridized carbons (Fsp3) is 0.562. The van der Waals surface area contributed by atoms with Crippen LogP contribution in [0, 0.1) is 0 Å². The van der Waals surface area contributed by atoms with Gasteiger partial charge in [-0.1, -0.05) is 25.1 Å². The van der Waals surface area contributed by atoms with E-state index in [2.05, 4.69) is 10.0 Å². The monoisotopic (exact) mass is 342 g/mol. The molecule has 0 aliphatic carbocycles. The van der Waals surface area contributed by atoms with Gasteiger partial charge in [-0.05, 0) is 45.9 Å². The fourth-order valence-electron chi connectivity index (χ4n) is 1.82. The first kappa shape index (κ1) is 19.6. The van der Waals surface area contributed by atoms with Crippen molar-refractivity contribution in [2.24, 2.45) is 0 Å². The summed E-state index contributed by atoms with van der Waals surface area (Å²) in [5.41, 5.74) is -0.682. The normalized spacial score (nSPS) is 13.6. The second-order valence-electron chi connectivity index (χ2n) is 6.22. The molecule has 1 atom stereocenters. The van der Waals surface area contributed by atoms with Gasteiger partial charge in [-0.2, -0.15) is 4.72 Å². The van der Waals surface area contributed by atoms with E-state index in [0.29, 0.717) is 6.54 Å². The number of carbonyl (C=O) groups excluding carboxylic acids is 1. The smallest absolute Gasteiger partial charge is 0.326 e. The summed E-state index contributed by atoms with van der Waals surface area (Å²) in [5.74, 6) is -0.597. The maximum Gasteiger partial charge on any atom is 0.326 e. The third-order valence-electron chi connectivity index (χ3n) is 2.82. The average Bonchev–Trinajstić information content (AvgIpc) is 2.45. The number of rotatable bonds is 8. The van der Waals surface area contributed by atoms with E-state index in [4.69, 9.17) is 4.74 Å². The Labute approximate surface area is 138 Å². The van der Waals surface area contributed by atoms with Crippen LogP contribution in [0.2, 0.25) is 0 Å². The van der Waals surface area contributed by atoms with E-state index in [1.165, 1.54) is 12.1 Å². The molecule has 0 aromatic heterocycles. The van der Waals surface area contributed by atoms with Gasteiger partial charge in [0.25, 0.3) is 0 Å².